The lowest BCUT2D eigenvalue weighted by Crippen LogP contribution is -2.12. The summed E-state index contributed by atoms with van der Waals surface area (Å²) in [5, 5.41) is 2.71. The van der Waals surface area contributed by atoms with Gasteiger partial charge in [-0.1, -0.05) is 0 Å². The predicted molar refractivity (Wildman–Crippen MR) is 81.6 cm³/mol. The van der Waals surface area contributed by atoms with E-state index in [1.54, 1.807) is 18.2 Å². The summed E-state index contributed by atoms with van der Waals surface area (Å²) in [6.45, 7) is 0. The van der Waals surface area contributed by atoms with Crippen molar-refractivity contribution in [3.05, 3.63) is 52.3 Å². The van der Waals surface area contributed by atoms with Crippen LogP contribution < -0.4 is 14.8 Å². The summed E-state index contributed by atoms with van der Waals surface area (Å²) in [6.07, 6.45) is 0. The topological polar surface area (TPSA) is 47.6 Å². The van der Waals surface area contributed by atoms with E-state index in [0.717, 1.165) is 0 Å². The lowest BCUT2D eigenvalue weighted by atomic mass is 10.2. The van der Waals surface area contributed by atoms with E-state index >= 15 is 0 Å². The van der Waals surface area contributed by atoms with Gasteiger partial charge in [0.1, 0.15) is 5.82 Å². The minimum Gasteiger partial charge on any atom is -0.493 e. The van der Waals surface area contributed by atoms with Crippen LogP contribution in [0, 0.1) is 5.82 Å². The zero-order chi connectivity index (χ0) is 15.4. The molecule has 2 aromatic carbocycles. The zero-order valence-corrected chi connectivity index (χ0v) is 13.0. The van der Waals surface area contributed by atoms with E-state index in [9.17, 15) is 9.18 Å². The number of benzene rings is 2. The van der Waals surface area contributed by atoms with E-state index in [-0.39, 0.29) is 10.4 Å². The summed E-state index contributed by atoms with van der Waals surface area (Å²) < 4.78 is 23.7. The maximum Gasteiger partial charge on any atom is 0.255 e. The van der Waals surface area contributed by atoms with Crippen LogP contribution >= 0.6 is 15.9 Å². The first kappa shape index (κ1) is 15.3. The average molecular weight is 354 g/mol. The van der Waals surface area contributed by atoms with Crippen LogP contribution in [0.15, 0.2) is 40.9 Å². The van der Waals surface area contributed by atoms with E-state index < -0.39 is 5.82 Å². The standard InChI is InChI=1S/C15H13BrFNO3/c1-20-13-6-4-10(8-14(13)21-2)18-15(19)9-3-5-12(17)11(16)7-9/h3-8H,1-2H3,(H,18,19). The van der Waals surface area contributed by atoms with Gasteiger partial charge < -0.3 is 14.8 Å². The van der Waals surface area contributed by atoms with Gasteiger partial charge in [0.05, 0.1) is 18.7 Å². The average Bonchev–Trinajstić information content (AvgIpc) is 2.49. The number of methoxy groups -OCH3 is 2. The van der Waals surface area contributed by atoms with Gasteiger partial charge in [0.15, 0.2) is 11.5 Å². The molecule has 0 heterocycles. The second-order valence-corrected chi connectivity index (χ2v) is 5.01. The molecule has 0 atom stereocenters. The Balaban J connectivity index is 2.21. The minimum absolute atomic E-state index is 0.238. The lowest BCUT2D eigenvalue weighted by molar-refractivity contribution is 0.102. The van der Waals surface area contributed by atoms with Crippen LogP contribution in [0.5, 0.6) is 11.5 Å². The molecule has 0 saturated carbocycles. The maximum absolute atomic E-state index is 13.2. The van der Waals surface area contributed by atoms with E-state index in [1.807, 2.05) is 0 Å². The molecule has 0 aliphatic carbocycles. The quantitative estimate of drug-likeness (QED) is 0.907. The van der Waals surface area contributed by atoms with Crippen molar-refractivity contribution in [1.29, 1.82) is 0 Å². The van der Waals surface area contributed by atoms with Crippen molar-refractivity contribution in [2.75, 3.05) is 19.5 Å². The third-order valence-electron chi connectivity index (χ3n) is 2.82. The third-order valence-corrected chi connectivity index (χ3v) is 3.43. The molecule has 2 aromatic rings. The first-order valence-corrected chi connectivity index (χ1v) is 6.83. The summed E-state index contributed by atoms with van der Waals surface area (Å²) in [5.74, 6) is 0.316. The van der Waals surface area contributed by atoms with Crippen molar-refractivity contribution < 1.29 is 18.7 Å². The Hall–Kier alpha value is -2.08. The molecule has 0 aromatic heterocycles. The van der Waals surface area contributed by atoms with Crippen LogP contribution in [0.4, 0.5) is 10.1 Å². The normalized spacial score (nSPS) is 10.1. The number of nitrogens with one attached hydrogen (secondary N) is 1. The number of halogens is 2. The fraction of sp³-hybridized carbons (Fsp3) is 0.133. The number of amides is 1. The molecule has 0 aliphatic heterocycles. The fourth-order valence-electron chi connectivity index (χ4n) is 1.75. The Bertz CT molecular complexity index is 676. The highest BCUT2D eigenvalue weighted by atomic mass is 79.9. The lowest BCUT2D eigenvalue weighted by Gasteiger charge is -2.10. The molecule has 4 nitrogen and oxygen atoms in total. The number of anilines is 1. The van der Waals surface area contributed by atoms with Gasteiger partial charge in [0.2, 0.25) is 0 Å². The molecule has 0 aliphatic rings. The molecule has 0 radical (unpaired) electrons. The summed E-state index contributed by atoms with van der Waals surface area (Å²) in [6, 6.07) is 9.09. The molecule has 0 saturated heterocycles. The molecule has 0 bridgehead atoms. The summed E-state index contributed by atoms with van der Waals surface area (Å²) >= 11 is 3.05. The van der Waals surface area contributed by atoms with Crippen molar-refractivity contribution in [2.45, 2.75) is 0 Å². The number of hydrogen-bond acceptors (Lipinski definition) is 3. The number of hydrogen-bond donors (Lipinski definition) is 1. The van der Waals surface area contributed by atoms with Gasteiger partial charge in [-0.25, -0.2) is 4.39 Å². The summed E-state index contributed by atoms with van der Waals surface area (Å²) in [5.41, 5.74) is 0.899. The number of carbonyl (C=O) groups excluding carboxylic acids is 1. The molecular formula is C15H13BrFNO3. The van der Waals surface area contributed by atoms with Crippen molar-refractivity contribution in [2.24, 2.45) is 0 Å². The fourth-order valence-corrected chi connectivity index (χ4v) is 2.13. The smallest absolute Gasteiger partial charge is 0.255 e. The molecule has 110 valence electrons. The Labute approximate surface area is 130 Å². The Morgan fingerprint density at radius 2 is 1.81 bits per heavy atom. The van der Waals surface area contributed by atoms with Crippen LogP contribution in [0.3, 0.4) is 0 Å². The molecule has 1 amide bonds. The van der Waals surface area contributed by atoms with Gasteiger partial charge in [0.25, 0.3) is 5.91 Å². The van der Waals surface area contributed by atoms with E-state index in [1.165, 1.54) is 32.4 Å². The molecule has 2 rings (SSSR count). The number of ether oxygens (including phenoxy) is 2. The van der Waals surface area contributed by atoms with E-state index in [0.29, 0.717) is 22.7 Å². The van der Waals surface area contributed by atoms with Crippen LogP contribution in [0.25, 0.3) is 0 Å². The molecule has 0 unspecified atom stereocenters. The van der Waals surface area contributed by atoms with Gasteiger partial charge in [-0.05, 0) is 46.3 Å². The molecule has 1 N–H and O–H groups in total. The second-order valence-electron chi connectivity index (χ2n) is 4.15. The van der Waals surface area contributed by atoms with Gasteiger partial charge >= 0.3 is 0 Å². The minimum atomic E-state index is -0.419. The summed E-state index contributed by atoms with van der Waals surface area (Å²) in [4.78, 5) is 12.1. The van der Waals surface area contributed by atoms with E-state index in [4.69, 9.17) is 9.47 Å². The van der Waals surface area contributed by atoms with Crippen LogP contribution in [-0.2, 0) is 0 Å². The molecule has 0 spiro atoms. The van der Waals surface area contributed by atoms with Crippen LogP contribution in [-0.4, -0.2) is 20.1 Å². The number of rotatable bonds is 4. The van der Waals surface area contributed by atoms with Crippen molar-refractivity contribution in [3.63, 3.8) is 0 Å². The largest absolute Gasteiger partial charge is 0.493 e. The van der Waals surface area contributed by atoms with Gasteiger partial charge in [0, 0.05) is 17.3 Å². The van der Waals surface area contributed by atoms with E-state index in [2.05, 4.69) is 21.2 Å². The molecule has 21 heavy (non-hydrogen) atoms. The zero-order valence-electron chi connectivity index (χ0n) is 11.4. The first-order valence-electron chi connectivity index (χ1n) is 6.03. The Kier molecular flexibility index (Phi) is 4.80. The van der Waals surface area contributed by atoms with Crippen LogP contribution in [0.2, 0.25) is 0 Å². The predicted octanol–water partition coefficient (Wildman–Crippen LogP) is 3.86. The SMILES string of the molecule is COc1ccc(NC(=O)c2ccc(F)c(Br)c2)cc1OC. The molecule has 6 heteroatoms. The highest BCUT2D eigenvalue weighted by Gasteiger charge is 2.11. The second kappa shape index (κ2) is 6.58. The third kappa shape index (κ3) is 3.52. The highest BCUT2D eigenvalue weighted by molar-refractivity contribution is 9.10. The number of carbonyl (C=O) groups is 1. The van der Waals surface area contributed by atoms with Crippen molar-refractivity contribution >= 4 is 27.5 Å². The van der Waals surface area contributed by atoms with Crippen LogP contribution in [0.1, 0.15) is 10.4 Å². The van der Waals surface area contributed by atoms with Crippen molar-refractivity contribution in [1.82, 2.24) is 0 Å². The summed E-state index contributed by atoms with van der Waals surface area (Å²) in [7, 11) is 3.05. The molecule has 0 fully saturated rings. The van der Waals surface area contributed by atoms with Crippen molar-refractivity contribution in [3.8, 4) is 11.5 Å². The van der Waals surface area contributed by atoms with Gasteiger partial charge in [-0.3, -0.25) is 4.79 Å². The van der Waals surface area contributed by atoms with Gasteiger partial charge in [-0.15, -0.1) is 0 Å². The monoisotopic (exact) mass is 353 g/mol. The Morgan fingerprint density at radius 1 is 1.10 bits per heavy atom. The van der Waals surface area contributed by atoms with Gasteiger partial charge in [-0.2, -0.15) is 0 Å². The molecular weight excluding hydrogens is 341 g/mol. The highest BCUT2D eigenvalue weighted by Crippen LogP contribution is 2.30. The first-order chi connectivity index (χ1) is 10.0. The Morgan fingerprint density at radius 3 is 2.43 bits per heavy atom. The maximum atomic E-state index is 13.2.